The highest BCUT2D eigenvalue weighted by atomic mass is 32.2. The lowest BCUT2D eigenvalue weighted by molar-refractivity contribution is -0.138. The van der Waals surface area contributed by atoms with E-state index in [-0.39, 0.29) is 35.6 Å². The van der Waals surface area contributed by atoms with Gasteiger partial charge in [0.15, 0.2) is 0 Å². The molecule has 0 spiro atoms. The molecule has 12 nitrogen and oxygen atoms in total. The van der Waals surface area contributed by atoms with Crippen LogP contribution < -0.4 is 10.0 Å². The lowest BCUT2D eigenvalue weighted by Crippen LogP contribution is -2.38. The van der Waals surface area contributed by atoms with Crippen molar-refractivity contribution in [3.8, 4) is 0 Å². The second-order valence-electron chi connectivity index (χ2n) is 8.43. The minimum atomic E-state index is -4.55. The van der Waals surface area contributed by atoms with Crippen molar-refractivity contribution in [3.63, 3.8) is 0 Å². The lowest BCUT2D eigenvalue weighted by atomic mass is 10.1. The molecule has 1 aromatic carbocycles. The van der Waals surface area contributed by atoms with Crippen LogP contribution in [0.1, 0.15) is 33.6 Å². The van der Waals surface area contributed by atoms with Crippen LogP contribution in [0, 0.1) is 0 Å². The number of rotatable bonds is 9. The van der Waals surface area contributed by atoms with Crippen molar-refractivity contribution in [2.24, 2.45) is 0 Å². The number of nitrogens with zero attached hydrogens (tertiary/aromatic N) is 4. The highest BCUT2D eigenvalue weighted by Crippen LogP contribution is 2.32. The zero-order valence-electron chi connectivity index (χ0n) is 19.7. The van der Waals surface area contributed by atoms with E-state index in [1.54, 1.807) is 0 Å². The van der Waals surface area contributed by atoms with Crippen molar-refractivity contribution in [2.45, 2.75) is 43.5 Å². The number of aliphatic hydroxyl groups excluding tert-OH is 2. The summed E-state index contributed by atoms with van der Waals surface area (Å²) in [4.78, 5) is 21.0. The standard InChI is InChI=1S/C22H23F3N6O6S/c1-26-38(35,36)37-17-8-16(19(33)20(17)34)29-21-13(9-27-11-28-21)18(32)15-6-7-31(30-15)10-12-4-2-3-5-14(12)22(23,24)25/h2-7,9,11,16-17,19-20,26,33-34H,8,10H2,1H3,(H,27,28,29)/t16-,17-,19+,20+/m1/s1. The smallest absolute Gasteiger partial charge is 0.388 e. The normalized spacial score (nSPS) is 21.9. The van der Waals surface area contributed by atoms with Crippen molar-refractivity contribution in [3.05, 3.63) is 71.4 Å². The number of nitrogens with one attached hydrogen (secondary N) is 2. The second kappa shape index (κ2) is 10.7. The Labute approximate surface area is 214 Å². The molecule has 1 saturated carbocycles. The van der Waals surface area contributed by atoms with Gasteiger partial charge in [0.05, 0.1) is 23.7 Å². The van der Waals surface area contributed by atoms with Gasteiger partial charge in [0.1, 0.15) is 36.2 Å². The maximum absolute atomic E-state index is 13.3. The van der Waals surface area contributed by atoms with Crippen LogP contribution in [0.4, 0.5) is 19.0 Å². The maximum atomic E-state index is 13.3. The fourth-order valence-electron chi connectivity index (χ4n) is 4.04. The van der Waals surface area contributed by atoms with Gasteiger partial charge in [0.25, 0.3) is 0 Å². The Kier molecular flexibility index (Phi) is 7.80. The summed E-state index contributed by atoms with van der Waals surface area (Å²) in [7, 11) is -3.02. The minimum Gasteiger partial charge on any atom is -0.388 e. The summed E-state index contributed by atoms with van der Waals surface area (Å²) in [5.74, 6) is -0.690. The fourth-order valence-corrected chi connectivity index (χ4v) is 4.66. The number of anilines is 1. The molecule has 16 heteroatoms. The van der Waals surface area contributed by atoms with Gasteiger partial charge >= 0.3 is 16.5 Å². The first-order valence-corrected chi connectivity index (χ1v) is 12.6. The topological polar surface area (TPSA) is 169 Å². The van der Waals surface area contributed by atoms with E-state index < -0.39 is 52.2 Å². The Bertz CT molecular complexity index is 1420. The first-order valence-electron chi connectivity index (χ1n) is 11.2. The third-order valence-electron chi connectivity index (χ3n) is 5.94. The molecule has 2 aromatic heterocycles. The van der Waals surface area contributed by atoms with Gasteiger partial charge in [-0.15, -0.1) is 0 Å². The van der Waals surface area contributed by atoms with Crippen LogP contribution >= 0.6 is 0 Å². The van der Waals surface area contributed by atoms with Gasteiger partial charge in [-0.3, -0.25) is 13.7 Å². The molecule has 4 N–H and O–H groups in total. The van der Waals surface area contributed by atoms with E-state index in [0.717, 1.165) is 19.4 Å². The van der Waals surface area contributed by atoms with Gasteiger partial charge in [-0.05, 0) is 17.7 Å². The highest BCUT2D eigenvalue weighted by molar-refractivity contribution is 7.84. The van der Waals surface area contributed by atoms with Gasteiger partial charge in [-0.1, -0.05) is 18.2 Å². The van der Waals surface area contributed by atoms with Gasteiger partial charge in [-0.2, -0.15) is 31.4 Å². The summed E-state index contributed by atoms with van der Waals surface area (Å²) in [6.45, 7) is -0.234. The quantitative estimate of drug-likeness (QED) is 0.276. The van der Waals surface area contributed by atoms with Crippen molar-refractivity contribution in [1.29, 1.82) is 0 Å². The van der Waals surface area contributed by atoms with Gasteiger partial charge in [0, 0.05) is 25.9 Å². The number of carbonyl (C=O) groups is 1. The number of ketones is 1. The molecule has 3 aromatic rings. The van der Waals surface area contributed by atoms with Crippen molar-refractivity contribution >= 4 is 21.9 Å². The summed E-state index contributed by atoms with van der Waals surface area (Å²) in [6, 6.07) is 5.41. The van der Waals surface area contributed by atoms with Gasteiger partial charge < -0.3 is 15.5 Å². The summed E-state index contributed by atoms with van der Waals surface area (Å²) < 4.78 is 71.3. The second-order valence-corrected chi connectivity index (χ2v) is 9.94. The maximum Gasteiger partial charge on any atom is 0.416 e. The molecule has 0 radical (unpaired) electrons. The molecule has 0 saturated heterocycles. The summed E-state index contributed by atoms with van der Waals surface area (Å²) in [6.07, 6.45) is -5.30. The summed E-state index contributed by atoms with van der Waals surface area (Å²) in [5, 5.41) is 27.5. The van der Waals surface area contributed by atoms with E-state index >= 15 is 0 Å². The molecule has 4 atom stereocenters. The molecule has 0 aliphatic heterocycles. The van der Waals surface area contributed by atoms with Crippen LogP contribution in [-0.4, -0.2) is 75.6 Å². The average Bonchev–Trinajstić information content (AvgIpc) is 3.44. The molecule has 204 valence electrons. The van der Waals surface area contributed by atoms with Crippen LogP contribution in [0.5, 0.6) is 0 Å². The third kappa shape index (κ3) is 5.99. The molecule has 0 bridgehead atoms. The van der Waals surface area contributed by atoms with Crippen molar-refractivity contribution in [2.75, 3.05) is 12.4 Å². The Hall–Kier alpha value is -3.44. The van der Waals surface area contributed by atoms with E-state index in [0.29, 0.717) is 0 Å². The predicted molar refractivity (Wildman–Crippen MR) is 125 cm³/mol. The number of halogens is 3. The molecule has 1 fully saturated rings. The molecule has 0 amide bonds. The number of hydrogen-bond donors (Lipinski definition) is 4. The molecular formula is C22H23F3N6O6S. The van der Waals surface area contributed by atoms with Gasteiger partial charge in [0.2, 0.25) is 5.78 Å². The van der Waals surface area contributed by atoms with Crippen molar-refractivity contribution < 1.29 is 40.8 Å². The molecule has 1 aliphatic rings. The van der Waals surface area contributed by atoms with Crippen molar-refractivity contribution in [1.82, 2.24) is 24.5 Å². The van der Waals surface area contributed by atoms with Crippen LogP contribution in [0.15, 0.2) is 49.1 Å². The van der Waals surface area contributed by atoms with Gasteiger partial charge in [-0.25, -0.2) is 9.97 Å². The molecule has 0 unspecified atom stereocenters. The largest absolute Gasteiger partial charge is 0.416 e. The first kappa shape index (κ1) is 27.6. The first-order chi connectivity index (χ1) is 17.9. The fraction of sp³-hybridized carbons (Fsp3) is 0.364. The Balaban J connectivity index is 1.52. The van der Waals surface area contributed by atoms with E-state index in [1.165, 1.54) is 41.3 Å². The molecule has 38 heavy (non-hydrogen) atoms. The molecule has 4 rings (SSSR count). The van der Waals surface area contributed by atoms with E-state index in [1.807, 2.05) is 4.72 Å². The molecule has 1 aliphatic carbocycles. The number of benzene rings is 1. The SMILES string of the molecule is CNS(=O)(=O)O[C@@H]1C[C@@H](Nc2ncncc2C(=O)c2ccn(Cc3ccccc3C(F)(F)F)n2)[C@H](O)[C@H]1O. The monoisotopic (exact) mass is 556 g/mol. The zero-order chi connectivity index (χ0) is 27.7. The molecular weight excluding hydrogens is 533 g/mol. The third-order valence-corrected chi connectivity index (χ3v) is 6.94. The van der Waals surface area contributed by atoms with Crippen LogP contribution in [0.25, 0.3) is 0 Å². The number of hydrogen-bond acceptors (Lipinski definition) is 10. The number of aromatic nitrogens is 4. The van der Waals surface area contributed by atoms with E-state index in [4.69, 9.17) is 4.18 Å². The highest BCUT2D eigenvalue weighted by Gasteiger charge is 2.44. The van der Waals surface area contributed by atoms with Crippen LogP contribution in [0.2, 0.25) is 0 Å². The molecule has 2 heterocycles. The van der Waals surface area contributed by atoms with E-state index in [2.05, 4.69) is 20.4 Å². The van der Waals surface area contributed by atoms with Crippen LogP contribution in [-0.2, 0) is 27.2 Å². The lowest BCUT2D eigenvalue weighted by Gasteiger charge is -2.19. The van der Waals surface area contributed by atoms with E-state index in [9.17, 15) is 36.6 Å². The average molecular weight is 557 g/mol. The minimum absolute atomic E-state index is 0.0293. The summed E-state index contributed by atoms with van der Waals surface area (Å²) >= 11 is 0. The Morgan fingerprint density at radius 3 is 2.66 bits per heavy atom. The number of alkyl halides is 3. The Morgan fingerprint density at radius 1 is 1.21 bits per heavy atom. The number of carbonyl (C=O) groups excluding carboxylic acids is 1. The summed E-state index contributed by atoms with van der Waals surface area (Å²) in [5.41, 5.74) is -1.00. The zero-order valence-corrected chi connectivity index (χ0v) is 20.5. The van der Waals surface area contributed by atoms with Crippen LogP contribution in [0.3, 0.4) is 0 Å². The Morgan fingerprint density at radius 2 is 1.95 bits per heavy atom. The predicted octanol–water partition coefficient (Wildman–Crippen LogP) is 0.727. The number of aliphatic hydroxyl groups is 2.